The zero-order chi connectivity index (χ0) is 8.65. The van der Waals surface area contributed by atoms with Gasteiger partial charge in [0.1, 0.15) is 0 Å². The summed E-state index contributed by atoms with van der Waals surface area (Å²) in [5, 5.41) is 13.4. The Kier molecular flexibility index (Phi) is 1.51. The topological polar surface area (TPSA) is 78.4 Å². The Balaban J connectivity index is 2.82. The summed E-state index contributed by atoms with van der Waals surface area (Å²) in [6.45, 7) is 3.31. The molecule has 1 heterocycles. The van der Waals surface area contributed by atoms with Crippen LogP contribution >= 0.6 is 0 Å². The van der Waals surface area contributed by atoms with Crippen molar-refractivity contribution in [2.45, 2.75) is 25.4 Å². The number of nitrogens with one attached hydrogen (secondary N) is 2. The summed E-state index contributed by atoms with van der Waals surface area (Å²) < 4.78 is 0. The SMILES string of the molecule is CC1(C)NC(=O)N[C@@H]1C(=O)O. The van der Waals surface area contributed by atoms with Gasteiger partial charge in [-0.1, -0.05) is 0 Å². The molecule has 1 saturated heterocycles. The van der Waals surface area contributed by atoms with Crippen LogP contribution < -0.4 is 10.6 Å². The number of carbonyl (C=O) groups is 2. The molecular formula is C6H10N2O3. The van der Waals surface area contributed by atoms with Crippen molar-refractivity contribution in [3.8, 4) is 0 Å². The van der Waals surface area contributed by atoms with Gasteiger partial charge in [-0.25, -0.2) is 9.59 Å². The summed E-state index contributed by atoms with van der Waals surface area (Å²) in [6.07, 6.45) is 0. The zero-order valence-corrected chi connectivity index (χ0v) is 6.34. The van der Waals surface area contributed by atoms with Crippen LogP contribution in [0.5, 0.6) is 0 Å². The van der Waals surface area contributed by atoms with E-state index in [4.69, 9.17) is 5.11 Å². The minimum absolute atomic E-state index is 0.428. The first-order chi connectivity index (χ1) is 4.93. The van der Waals surface area contributed by atoms with Crippen LogP contribution in [0.2, 0.25) is 0 Å². The highest BCUT2D eigenvalue weighted by Crippen LogP contribution is 2.14. The molecule has 0 aliphatic carbocycles. The van der Waals surface area contributed by atoms with Crippen LogP contribution in [0.1, 0.15) is 13.8 Å². The molecule has 0 spiro atoms. The third-order valence-electron chi connectivity index (χ3n) is 1.68. The van der Waals surface area contributed by atoms with E-state index in [0.29, 0.717) is 0 Å². The molecule has 5 nitrogen and oxygen atoms in total. The Bertz CT molecular complexity index is 212. The van der Waals surface area contributed by atoms with E-state index in [-0.39, 0.29) is 0 Å². The third kappa shape index (κ3) is 1.26. The number of rotatable bonds is 1. The minimum atomic E-state index is -1.02. The molecule has 0 radical (unpaired) electrons. The van der Waals surface area contributed by atoms with Gasteiger partial charge in [-0.3, -0.25) is 0 Å². The number of hydrogen-bond donors (Lipinski definition) is 3. The third-order valence-corrected chi connectivity index (χ3v) is 1.68. The fraction of sp³-hybridized carbons (Fsp3) is 0.667. The van der Waals surface area contributed by atoms with E-state index >= 15 is 0 Å². The second kappa shape index (κ2) is 2.11. The van der Waals surface area contributed by atoms with Gasteiger partial charge in [0.05, 0.1) is 5.54 Å². The molecule has 62 valence electrons. The number of carbonyl (C=O) groups excluding carboxylic acids is 1. The van der Waals surface area contributed by atoms with Crippen LogP contribution in [-0.2, 0) is 4.79 Å². The Morgan fingerprint density at radius 2 is 2.18 bits per heavy atom. The molecule has 0 aromatic rings. The van der Waals surface area contributed by atoms with Gasteiger partial charge in [0, 0.05) is 0 Å². The number of urea groups is 1. The molecule has 2 amide bonds. The molecule has 0 saturated carbocycles. The predicted octanol–water partition coefficient (Wildman–Crippen LogP) is -0.469. The van der Waals surface area contributed by atoms with Crippen LogP contribution in [0.3, 0.4) is 0 Å². The summed E-state index contributed by atoms with van der Waals surface area (Å²) in [5.74, 6) is -1.02. The summed E-state index contributed by atoms with van der Waals surface area (Å²) >= 11 is 0. The number of carboxylic acid groups (broad SMARTS) is 1. The average Bonchev–Trinajstić information content (AvgIpc) is 2.04. The Morgan fingerprint density at radius 3 is 2.36 bits per heavy atom. The summed E-state index contributed by atoms with van der Waals surface area (Å²) in [7, 11) is 0. The van der Waals surface area contributed by atoms with E-state index in [1.807, 2.05) is 0 Å². The maximum Gasteiger partial charge on any atom is 0.328 e. The monoisotopic (exact) mass is 158 g/mol. The lowest BCUT2D eigenvalue weighted by atomic mass is 9.97. The van der Waals surface area contributed by atoms with Crippen molar-refractivity contribution in [3.05, 3.63) is 0 Å². The second-order valence-electron chi connectivity index (χ2n) is 3.09. The van der Waals surface area contributed by atoms with Gasteiger partial charge in [-0.15, -0.1) is 0 Å². The largest absolute Gasteiger partial charge is 0.480 e. The fourth-order valence-corrected chi connectivity index (χ4v) is 1.08. The second-order valence-corrected chi connectivity index (χ2v) is 3.09. The average molecular weight is 158 g/mol. The molecule has 0 bridgehead atoms. The molecule has 3 N–H and O–H groups in total. The van der Waals surface area contributed by atoms with E-state index < -0.39 is 23.6 Å². The van der Waals surface area contributed by atoms with E-state index in [1.165, 1.54) is 0 Å². The van der Waals surface area contributed by atoms with Gasteiger partial charge < -0.3 is 15.7 Å². The lowest BCUT2D eigenvalue weighted by Gasteiger charge is -2.21. The van der Waals surface area contributed by atoms with Crippen LogP contribution in [0.15, 0.2) is 0 Å². The molecule has 11 heavy (non-hydrogen) atoms. The molecule has 1 aliphatic heterocycles. The quantitative estimate of drug-likeness (QED) is 0.482. The van der Waals surface area contributed by atoms with Crippen LogP contribution in [0.4, 0.5) is 4.79 Å². The highest BCUT2D eigenvalue weighted by atomic mass is 16.4. The first-order valence-electron chi connectivity index (χ1n) is 3.25. The van der Waals surface area contributed by atoms with Gasteiger partial charge in [-0.05, 0) is 13.8 Å². The number of hydrogen-bond acceptors (Lipinski definition) is 2. The van der Waals surface area contributed by atoms with Crippen molar-refractivity contribution in [2.24, 2.45) is 0 Å². The van der Waals surface area contributed by atoms with Gasteiger partial charge in [0.2, 0.25) is 0 Å². The van der Waals surface area contributed by atoms with Gasteiger partial charge in [0.25, 0.3) is 0 Å². The Morgan fingerprint density at radius 1 is 1.64 bits per heavy atom. The molecule has 5 heteroatoms. The molecule has 1 atom stereocenters. The lowest BCUT2D eigenvalue weighted by Crippen LogP contribution is -2.48. The smallest absolute Gasteiger partial charge is 0.328 e. The van der Waals surface area contributed by atoms with Gasteiger partial charge >= 0.3 is 12.0 Å². The van der Waals surface area contributed by atoms with Gasteiger partial charge in [0.15, 0.2) is 6.04 Å². The lowest BCUT2D eigenvalue weighted by molar-refractivity contribution is -0.140. The molecule has 1 fully saturated rings. The normalized spacial score (nSPS) is 27.5. The highest BCUT2D eigenvalue weighted by Gasteiger charge is 2.43. The fourth-order valence-electron chi connectivity index (χ4n) is 1.08. The van der Waals surface area contributed by atoms with Crippen LogP contribution in [0, 0.1) is 0 Å². The standard InChI is InChI=1S/C6H10N2O3/c1-6(2)3(4(9)10)7-5(11)8-6/h3H,1-2H3,(H,9,10)(H2,7,8,11)/t3-/m1/s1. The van der Waals surface area contributed by atoms with E-state index in [1.54, 1.807) is 13.8 Å². The van der Waals surface area contributed by atoms with Crippen molar-refractivity contribution in [1.82, 2.24) is 10.6 Å². The molecular weight excluding hydrogens is 148 g/mol. The zero-order valence-electron chi connectivity index (χ0n) is 6.34. The molecule has 1 aliphatic rings. The summed E-state index contributed by atoms with van der Waals surface area (Å²) in [6, 6.07) is -1.27. The minimum Gasteiger partial charge on any atom is -0.480 e. The van der Waals surface area contributed by atoms with E-state index in [9.17, 15) is 9.59 Å². The Hall–Kier alpha value is -1.26. The molecule has 0 aromatic heterocycles. The first-order valence-corrected chi connectivity index (χ1v) is 3.25. The summed E-state index contributed by atoms with van der Waals surface area (Å²) in [5.41, 5.74) is -0.705. The molecule has 0 unspecified atom stereocenters. The van der Waals surface area contributed by atoms with E-state index in [2.05, 4.69) is 10.6 Å². The Labute approximate surface area is 63.8 Å². The van der Waals surface area contributed by atoms with Crippen molar-refractivity contribution in [2.75, 3.05) is 0 Å². The van der Waals surface area contributed by atoms with Crippen LogP contribution in [-0.4, -0.2) is 28.7 Å². The number of carboxylic acids is 1. The van der Waals surface area contributed by atoms with E-state index in [0.717, 1.165) is 0 Å². The van der Waals surface area contributed by atoms with Gasteiger partial charge in [-0.2, -0.15) is 0 Å². The number of amides is 2. The van der Waals surface area contributed by atoms with Crippen molar-refractivity contribution in [1.29, 1.82) is 0 Å². The van der Waals surface area contributed by atoms with Crippen molar-refractivity contribution < 1.29 is 14.7 Å². The van der Waals surface area contributed by atoms with Crippen molar-refractivity contribution >= 4 is 12.0 Å². The predicted molar refractivity (Wildman–Crippen MR) is 37.2 cm³/mol. The molecule has 1 rings (SSSR count). The number of aliphatic carboxylic acids is 1. The van der Waals surface area contributed by atoms with Crippen molar-refractivity contribution in [3.63, 3.8) is 0 Å². The maximum atomic E-state index is 10.7. The highest BCUT2D eigenvalue weighted by molar-refractivity contribution is 5.88. The molecule has 0 aromatic carbocycles. The van der Waals surface area contributed by atoms with Crippen LogP contribution in [0.25, 0.3) is 0 Å². The maximum absolute atomic E-state index is 10.7. The summed E-state index contributed by atoms with van der Waals surface area (Å²) in [4.78, 5) is 21.2. The first kappa shape index (κ1) is 7.84.